The number of rotatable bonds is 10. The summed E-state index contributed by atoms with van der Waals surface area (Å²) in [6.45, 7) is 6.93. The molecule has 0 bridgehead atoms. The van der Waals surface area contributed by atoms with E-state index in [1.54, 1.807) is 0 Å². The number of amides is 1. The summed E-state index contributed by atoms with van der Waals surface area (Å²) in [5, 5.41) is 2.84. The van der Waals surface area contributed by atoms with Crippen molar-refractivity contribution in [2.75, 3.05) is 5.32 Å². The SMILES string of the molecule is CCCC[C@@H](/C=C\[Si](C)(C)C(c1ccccc1)c1ccccc1)OC(=O)Nc1ccccc1. The summed E-state index contributed by atoms with van der Waals surface area (Å²) in [6, 6.07) is 30.9. The molecule has 0 unspecified atom stereocenters. The number of anilines is 1. The average Bonchev–Trinajstić information content (AvgIpc) is 2.83. The van der Waals surface area contributed by atoms with Gasteiger partial charge in [0.15, 0.2) is 0 Å². The van der Waals surface area contributed by atoms with E-state index in [9.17, 15) is 4.79 Å². The number of unbranched alkanes of at least 4 members (excludes halogenated alkanes) is 1. The lowest BCUT2D eigenvalue weighted by Gasteiger charge is -2.31. The quantitative estimate of drug-likeness (QED) is 0.313. The average molecular weight is 458 g/mol. The highest BCUT2D eigenvalue weighted by atomic mass is 28.3. The maximum atomic E-state index is 12.5. The number of carbonyl (C=O) groups is 1. The van der Waals surface area contributed by atoms with E-state index >= 15 is 0 Å². The van der Waals surface area contributed by atoms with Gasteiger partial charge in [-0.1, -0.05) is 117 Å². The van der Waals surface area contributed by atoms with Crippen LogP contribution in [0.25, 0.3) is 0 Å². The normalized spacial score (nSPS) is 12.6. The Morgan fingerprint density at radius 2 is 1.39 bits per heavy atom. The molecule has 1 atom stereocenters. The highest BCUT2D eigenvalue weighted by molar-refractivity contribution is 6.84. The second-order valence-corrected chi connectivity index (χ2v) is 13.6. The van der Waals surface area contributed by atoms with Crippen LogP contribution in [0.5, 0.6) is 0 Å². The molecule has 0 saturated heterocycles. The van der Waals surface area contributed by atoms with Crippen molar-refractivity contribution in [3.8, 4) is 0 Å². The van der Waals surface area contributed by atoms with Gasteiger partial charge < -0.3 is 4.74 Å². The Hall–Kier alpha value is -3.11. The second kappa shape index (κ2) is 12.2. The van der Waals surface area contributed by atoms with Gasteiger partial charge >= 0.3 is 6.09 Å². The van der Waals surface area contributed by atoms with Crippen molar-refractivity contribution in [1.82, 2.24) is 0 Å². The minimum absolute atomic E-state index is 0.243. The van der Waals surface area contributed by atoms with E-state index in [-0.39, 0.29) is 6.10 Å². The molecule has 3 aromatic carbocycles. The number of benzene rings is 3. The van der Waals surface area contributed by atoms with Crippen LogP contribution in [0.4, 0.5) is 10.5 Å². The summed E-state index contributed by atoms with van der Waals surface area (Å²) in [4.78, 5) is 12.5. The van der Waals surface area contributed by atoms with E-state index in [0.29, 0.717) is 5.54 Å². The minimum Gasteiger partial charge on any atom is -0.442 e. The zero-order valence-electron chi connectivity index (χ0n) is 19.9. The fourth-order valence-corrected chi connectivity index (χ4v) is 7.21. The molecule has 0 fully saturated rings. The molecule has 0 heterocycles. The van der Waals surface area contributed by atoms with Crippen molar-refractivity contribution in [1.29, 1.82) is 0 Å². The van der Waals surface area contributed by atoms with Gasteiger partial charge in [-0.25, -0.2) is 4.79 Å². The first-order valence-corrected chi connectivity index (χ1v) is 15.0. The first-order chi connectivity index (χ1) is 16.0. The van der Waals surface area contributed by atoms with E-state index in [1.165, 1.54) is 11.1 Å². The second-order valence-electron chi connectivity index (χ2n) is 9.01. The first kappa shape index (κ1) is 24.5. The lowest BCUT2D eigenvalue weighted by molar-refractivity contribution is 0.128. The van der Waals surface area contributed by atoms with Crippen LogP contribution in [0.1, 0.15) is 42.9 Å². The van der Waals surface area contributed by atoms with Crippen LogP contribution < -0.4 is 5.32 Å². The first-order valence-electron chi connectivity index (χ1n) is 11.8. The van der Waals surface area contributed by atoms with Crippen molar-refractivity contribution >= 4 is 19.9 Å². The standard InChI is InChI=1S/C29H35NO2Si/c1-4-5-21-27(32-29(31)30-26-19-13-8-14-20-26)22-23-33(2,3)28(24-15-9-6-10-16-24)25-17-11-7-12-18-25/h6-20,22-23,27-28H,4-5,21H2,1-3H3,(H,30,31)/b23-22-/t27-/m0/s1. The zero-order chi connectivity index (χ0) is 23.5. The predicted octanol–water partition coefficient (Wildman–Crippen LogP) is 7.97. The molecule has 3 rings (SSSR count). The molecule has 0 saturated carbocycles. The molecule has 0 spiro atoms. The van der Waals surface area contributed by atoms with Crippen LogP contribution in [0.3, 0.4) is 0 Å². The Bertz CT molecular complexity index is 964. The summed E-state index contributed by atoms with van der Waals surface area (Å²) >= 11 is 0. The topological polar surface area (TPSA) is 38.3 Å². The van der Waals surface area contributed by atoms with Crippen molar-refractivity contribution in [2.24, 2.45) is 0 Å². The van der Waals surface area contributed by atoms with Crippen LogP contribution in [0, 0.1) is 0 Å². The lowest BCUT2D eigenvalue weighted by Crippen LogP contribution is -2.34. The van der Waals surface area contributed by atoms with Gasteiger partial charge in [-0.2, -0.15) is 0 Å². The number of hydrogen-bond donors (Lipinski definition) is 1. The summed E-state index contributed by atoms with van der Waals surface area (Å²) in [7, 11) is -1.93. The fourth-order valence-electron chi connectivity index (χ4n) is 4.20. The van der Waals surface area contributed by atoms with Gasteiger partial charge in [0.05, 0.1) is 8.07 Å². The van der Waals surface area contributed by atoms with Gasteiger partial charge in [-0.3, -0.25) is 5.32 Å². The molecule has 0 aliphatic carbocycles. The molecule has 4 heteroatoms. The minimum atomic E-state index is -1.93. The van der Waals surface area contributed by atoms with E-state index in [1.807, 2.05) is 30.3 Å². The molecule has 0 aliphatic heterocycles. The summed E-state index contributed by atoms with van der Waals surface area (Å²) in [5.41, 5.74) is 6.08. The van der Waals surface area contributed by atoms with E-state index < -0.39 is 14.2 Å². The third-order valence-corrected chi connectivity index (χ3v) is 9.08. The van der Waals surface area contributed by atoms with E-state index in [2.05, 4.69) is 97.8 Å². The smallest absolute Gasteiger partial charge is 0.412 e. The molecule has 0 aromatic heterocycles. The Labute approximate surface area is 199 Å². The number of nitrogens with one attached hydrogen (secondary N) is 1. The summed E-state index contributed by atoms with van der Waals surface area (Å²) < 4.78 is 5.83. The van der Waals surface area contributed by atoms with Crippen molar-refractivity contribution in [3.63, 3.8) is 0 Å². The molecule has 3 aromatic rings. The van der Waals surface area contributed by atoms with Crippen LogP contribution in [0.15, 0.2) is 103 Å². The third kappa shape index (κ3) is 7.47. The van der Waals surface area contributed by atoms with Gasteiger partial charge in [0.25, 0.3) is 0 Å². The monoisotopic (exact) mass is 457 g/mol. The van der Waals surface area contributed by atoms with Gasteiger partial charge in [-0.05, 0) is 36.1 Å². The number of hydrogen-bond acceptors (Lipinski definition) is 2. The van der Waals surface area contributed by atoms with Crippen molar-refractivity contribution in [3.05, 3.63) is 114 Å². The maximum Gasteiger partial charge on any atom is 0.412 e. The van der Waals surface area contributed by atoms with Gasteiger partial charge in [0, 0.05) is 11.2 Å². The number of para-hydroxylation sites is 1. The van der Waals surface area contributed by atoms with E-state index in [4.69, 9.17) is 4.74 Å². The summed E-state index contributed by atoms with van der Waals surface area (Å²) in [6.07, 6.45) is 4.37. The van der Waals surface area contributed by atoms with Crippen LogP contribution in [0.2, 0.25) is 13.1 Å². The zero-order valence-corrected chi connectivity index (χ0v) is 20.9. The maximum absolute atomic E-state index is 12.5. The Morgan fingerprint density at radius 1 is 0.879 bits per heavy atom. The van der Waals surface area contributed by atoms with Gasteiger partial charge in [0.2, 0.25) is 0 Å². The Morgan fingerprint density at radius 3 is 1.91 bits per heavy atom. The predicted molar refractivity (Wildman–Crippen MR) is 141 cm³/mol. The van der Waals surface area contributed by atoms with E-state index in [0.717, 1.165) is 24.9 Å². The lowest BCUT2D eigenvalue weighted by atomic mass is 10.0. The highest BCUT2D eigenvalue weighted by Gasteiger charge is 2.32. The highest BCUT2D eigenvalue weighted by Crippen LogP contribution is 2.34. The number of carbonyl (C=O) groups excluding carboxylic acids is 1. The molecular weight excluding hydrogens is 422 g/mol. The Kier molecular flexibility index (Phi) is 9.08. The van der Waals surface area contributed by atoms with Crippen molar-refractivity contribution < 1.29 is 9.53 Å². The fraction of sp³-hybridized carbons (Fsp3) is 0.276. The number of ether oxygens (including phenoxy) is 1. The molecule has 0 aliphatic rings. The molecule has 0 radical (unpaired) electrons. The van der Waals surface area contributed by atoms with Crippen LogP contribution in [-0.4, -0.2) is 20.3 Å². The largest absolute Gasteiger partial charge is 0.442 e. The molecular formula is C29H35NO2Si. The molecule has 1 N–H and O–H groups in total. The molecule has 172 valence electrons. The van der Waals surface area contributed by atoms with Crippen LogP contribution >= 0.6 is 0 Å². The molecule has 3 nitrogen and oxygen atoms in total. The van der Waals surface area contributed by atoms with Crippen LogP contribution in [-0.2, 0) is 4.74 Å². The van der Waals surface area contributed by atoms with Gasteiger partial charge in [0.1, 0.15) is 6.10 Å². The summed E-state index contributed by atoms with van der Waals surface area (Å²) in [5.74, 6) is 0. The van der Waals surface area contributed by atoms with Crippen molar-refractivity contribution in [2.45, 2.75) is 50.9 Å². The molecule has 1 amide bonds. The Balaban J connectivity index is 1.80. The molecule has 33 heavy (non-hydrogen) atoms. The third-order valence-electron chi connectivity index (χ3n) is 5.87. The van der Waals surface area contributed by atoms with Gasteiger partial charge in [-0.15, -0.1) is 0 Å².